The average molecular weight is 350 g/mol. The summed E-state index contributed by atoms with van der Waals surface area (Å²) in [6, 6.07) is 14.9. The summed E-state index contributed by atoms with van der Waals surface area (Å²) in [5.41, 5.74) is 5.99. The number of fused-ring (bicyclic) bond motifs is 3. The van der Waals surface area contributed by atoms with E-state index in [4.69, 9.17) is 0 Å². The van der Waals surface area contributed by atoms with Crippen molar-refractivity contribution in [3.63, 3.8) is 0 Å². The van der Waals surface area contributed by atoms with Crippen LogP contribution in [0.25, 0.3) is 10.9 Å². The number of hydrogen-bond acceptors (Lipinski definition) is 1. The van der Waals surface area contributed by atoms with Crippen LogP contribution in [0.3, 0.4) is 0 Å². The molecule has 2 nitrogen and oxygen atoms in total. The van der Waals surface area contributed by atoms with Crippen molar-refractivity contribution in [3.8, 4) is 0 Å². The summed E-state index contributed by atoms with van der Waals surface area (Å²) in [5.74, 6) is -0.108. The number of hydrogen-bond donors (Lipinski definition) is 0. The largest absolute Gasteiger partial charge is 0.341 e. The number of nitrogens with zero attached hydrogens (tertiary/aromatic N) is 2. The topological polar surface area (TPSA) is 8.17 Å². The lowest BCUT2D eigenvalue weighted by molar-refractivity contribution is 0.177. The molecule has 3 aromatic rings. The zero-order chi connectivity index (χ0) is 18.4. The summed E-state index contributed by atoms with van der Waals surface area (Å²) < 4.78 is 17.1. The Kier molecular flexibility index (Phi) is 4.36. The van der Waals surface area contributed by atoms with Gasteiger partial charge in [0.05, 0.1) is 5.52 Å². The van der Waals surface area contributed by atoms with Crippen molar-refractivity contribution in [2.45, 2.75) is 52.2 Å². The minimum absolute atomic E-state index is 0.108. The van der Waals surface area contributed by atoms with Gasteiger partial charge in [0.1, 0.15) is 5.82 Å². The molecule has 0 saturated carbocycles. The maximum absolute atomic E-state index is 14.8. The van der Waals surface area contributed by atoms with Gasteiger partial charge in [-0.3, -0.25) is 4.90 Å². The van der Waals surface area contributed by atoms with Crippen molar-refractivity contribution in [3.05, 3.63) is 70.7 Å². The molecule has 0 aliphatic carbocycles. The van der Waals surface area contributed by atoms with Crippen LogP contribution in [0.15, 0.2) is 42.5 Å². The van der Waals surface area contributed by atoms with Gasteiger partial charge in [-0.2, -0.15) is 0 Å². The van der Waals surface area contributed by atoms with Crippen molar-refractivity contribution in [1.82, 2.24) is 9.47 Å². The highest BCUT2D eigenvalue weighted by Gasteiger charge is 2.32. The first kappa shape index (κ1) is 17.3. The van der Waals surface area contributed by atoms with E-state index in [1.54, 1.807) is 6.07 Å². The lowest BCUT2D eigenvalue weighted by Gasteiger charge is -2.36. The van der Waals surface area contributed by atoms with Crippen LogP contribution in [0.2, 0.25) is 0 Å². The molecule has 1 aromatic heterocycles. The summed E-state index contributed by atoms with van der Waals surface area (Å²) in [4.78, 5) is 2.40. The van der Waals surface area contributed by atoms with Crippen LogP contribution < -0.4 is 0 Å². The van der Waals surface area contributed by atoms with Gasteiger partial charge in [-0.25, -0.2) is 4.39 Å². The van der Waals surface area contributed by atoms with Crippen LogP contribution in [0.4, 0.5) is 4.39 Å². The van der Waals surface area contributed by atoms with Crippen LogP contribution in [-0.4, -0.2) is 22.6 Å². The molecule has 2 heterocycles. The van der Waals surface area contributed by atoms with Gasteiger partial charge in [0, 0.05) is 36.1 Å². The lowest BCUT2D eigenvalue weighted by Crippen LogP contribution is -2.38. The van der Waals surface area contributed by atoms with Crippen LogP contribution in [0.1, 0.15) is 42.3 Å². The van der Waals surface area contributed by atoms with E-state index in [1.165, 1.54) is 22.4 Å². The smallest absolute Gasteiger partial charge is 0.147 e. The molecule has 0 amide bonds. The fourth-order valence-corrected chi connectivity index (χ4v) is 4.49. The van der Waals surface area contributed by atoms with E-state index in [0.717, 1.165) is 30.3 Å². The Hall–Kier alpha value is -2.13. The van der Waals surface area contributed by atoms with E-state index in [9.17, 15) is 4.39 Å². The number of halogens is 1. The third kappa shape index (κ3) is 2.75. The number of aryl methyl sites for hydroxylation is 3. The molecule has 4 rings (SSSR count). The molecular weight excluding hydrogens is 323 g/mol. The molecule has 3 heteroatoms. The van der Waals surface area contributed by atoms with Gasteiger partial charge >= 0.3 is 0 Å². The quantitative estimate of drug-likeness (QED) is 0.625. The standard InChI is InChI=1S/C23H27FN2/c1-15-7-5-8-18(13-15)11-12-26-21-14-16(2)25(4)17(3)22(21)19-9-6-10-20(24)23(19)26/h5-10,13,16-17H,11-12,14H2,1-4H3. The van der Waals surface area contributed by atoms with Gasteiger partial charge in [-0.1, -0.05) is 42.0 Å². The van der Waals surface area contributed by atoms with E-state index in [0.29, 0.717) is 12.1 Å². The van der Waals surface area contributed by atoms with Crippen molar-refractivity contribution in [1.29, 1.82) is 0 Å². The Bertz CT molecular complexity index is 956. The van der Waals surface area contributed by atoms with E-state index in [1.807, 2.05) is 6.07 Å². The minimum Gasteiger partial charge on any atom is -0.341 e. The molecule has 2 unspecified atom stereocenters. The SMILES string of the molecule is Cc1cccc(CCn2c3c(c4cccc(F)c42)C(C)N(C)C(C)C3)c1. The molecular formula is C23H27FN2. The molecule has 0 saturated heterocycles. The zero-order valence-electron chi connectivity index (χ0n) is 16.1. The Morgan fingerprint density at radius 1 is 1.12 bits per heavy atom. The molecule has 0 fully saturated rings. The highest BCUT2D eigenvalue weighted by Crippen LogP contribution is 2.39. The number of likely N-dealkylation sites (N-methyl/N-ethyl adjacent to an activating group) is 1. The van der Waals surface area contributed by atoms with Gasteiger partial charge in [0.2, 0.25) is 0 Å². The van der Waals surface area contributed by atoms with E-state index in [-0.39, 0.29) is 5.82 Å². The molecule has 0 radical (unpaired) electrons. The molecule has 136 valence electrons. The Morgan fingerprint density at radius 2 is 1.88 bits per heavy atom. The molecule has 1 aliphatic heterocycles. The minimum atomic E-state index is -0.108. The molecule has 0 bridgehead atoms. The van der Waals surface area contributed by atoms with E-state index >= 15 is 0 Å². The number of rotatable bonds is 3. The van der Waals surface area contributed by atoms with E-state index in [2.05, 4.69) is 67.6 Å². The Morgan fingerprint density at radius 3 is 2.65 bits per heavy atom. The van der Waals surface area contributed by atoms with Crippen molar-refractivity contribution >= 4 is 10.9 Å². The molecule has 26 heavy (non-hydrogen) atoms. The number of benzene rings is 2. The highest BCUT2D eigenvalue weighted by molar-refractivity contribution is 5.87. The summed E-state index contributed by atoms with van der Waals surface area (Å²) in [6.07, 6.45) is 1.89. The second-order valence-electron chi connectivity index (χ2n) is 7.78. The molecule has 1 aliphatic rings. The van der Waals surface area contributed by atoms with Crippen molar-refractivity contribution in [2.75, 3.05) is 7.05 Å². The molecule has 0 spiro atoms. The van der Waals surface area contributed by atoms with Crippen LogP contribution in [0, 0.1) is 12.7 Å². The maximum atomic E-state index is 14.8. The van der Waals surface area contributed by atoms with Crippen LogP contribution in [0.5, 0.6) is 0 Å². The van der Waals surface area contributed by atoms with Gasteiger partial charge in [-0.05, 0) is 51.4 Å². The molecule has 2 atom stereocenters. The predicted octanol–water partition coefficient (Wildman–Crippen LogP) is 5.27. The van der Waals surface area contributed by atoms with Gasteiger partial charge in [0.25, 0.3) is 0 Å². The predicted molar refractivity (Wildman–Crippen MR) is 106 cm³/mol. The normalized spacial score (nSPS) is 20.5. The first-order valence-corrected chi connectivity index (χ1v) is 9.54. The van der Waals surface area contributed by atoms with E-state index < -0.39 is 0 Å². The Labute approximate surface area is 155 Å². The first-order valence-electron chi connectivity index (χ1n) is 9.54. The second kappa shape index (κ2) is 6.55. The third-order valence-electron chi connectivity index (χ3n) is 6.10. The monoisotopic (exact) mass is 350 g/mol. The average Bonchev–Trinajstić information content (AvgIpc) is 2.93. The fourth-order valence-electron chi connectivity index (χ4n) is 4.49. The third-order valence-corrected chi connectivity index (χ3v) is 6.10. The Balaban J connectivity index is 1.82. The zero-order valence-corrected chi connectivity index (χ0v) is 16.1. The fraction of sp³-hybridized carbons (Fsp3) is 0.391. The van der Waals surface area contributed by atoms with Crippen LogP contribution in [-0.2, 0) is 19.4 Å². The van der Waals surface area contributed by atoms with Gasteiger partial charge < -0.3 is 4.57 Å². The first-order chi connectivity index (χ1) is 12.5. The summed E-state index contributed by atoms with van der Waals surface area (Å²) in [5, 5.41) is 1.08. The second-order valence-corrected chi connectivity index (χ2v) is 7.78. The molecule has 0 N–H and O–H groups in total. The molecule has 2 aromatic carbocycles. The van der Waals surface area contributed by atoms with Gasteiger partial charge in [0.15, 0.2) is 0 Å². The lowest BCUT2D eigenvalue weighted by atomic mass is 9.93. The number of aromatic nitrogens is 1. The maximum Gasteiger partial charge on any atom is 0.147 e. The van der Waals surface area contributed by atoms with Crippen molar-refractivity contribution < 1.29 is 4.39 Å². The van der Waals surface area contributed by atoms with Crippen LogP contribution >= 0.6 is 0 Å². The summed E-state index contributed by atoms with van der Waals surface area (Å²) in [7, 11) is 2.17. The van der Waals surface area contributed by atoms with Gasteiger partial charge in [-0.15, -0.1) is 0 Å². The van der Waals surface area contributed by atoms with Crippen molar-refractivity contribution in [2.24, 2.45) is 0 Å². The highest BCUT2D eigenvalue weighted by atomic mass is 19.1. The summed E-state index contributed by atoms with van der Waals surface area (Å²) in [6.45, 7) is 7.44. The number of para-hydroxylation sites is 1. The summed E-state index contributed by atoms with van der Waals surface area (Å²) >= 11 is 0.